The molecule has 0 fully saturated rings. The Bertz CT molecular complexity index is 994. The van der Waals surface area contributed by atoms with Gasteiger partial charge in [0.2, 0.25) is 0 Å². The molecule has 0 aliphatic rings. The van der Waals surface area contributed by atoms with E-state index in [2.05, 4.69) is 64.1 Å². The number of ether oxygens (including phenoxy) is 2. The predicted molar refractivity (Wildman–Crippen MR) is 123 cm³/mol. The molecule has 0 N–H and O–H groups in total. The molecule has 0 bridgehead atoms. The van der Waals surface area contributed by atoms with E-state index in [-0.39, 0.29) is 0 Å². The van der Waals surface area contributed by atoms with Gasteiger partial charge < -0.3 is 9.47 Å². The molecule has 0 aromatic heterocycles. The zero-order valence-corrected chi connectivity index (χ0v) is 21.7. The molecular weight excluding hydrogens is 482 g/mol. The third kappa shape index (κ3) is 5.88. The number of aryl methyl sites for hydroxylation is 4. The summed E-state index contributed by atoms with van der Waals surface area (Å²) in [5, 5.41) is 5.05. The molecule has 4 aromatic carbocycles. The monoisotopic (exact) mass is 506 g/mol. The topological polar surface area (TPSA) is 18.5 Å². The molecule has 0 aliphatic heterocycles. The predicted octanol–water partition coefficient (Wildman–Crippen LogP) is 7.74. The van der Waals surface area contributed by atoms with Crippen molar-refractivity contribution in [1.29, 1.82) is 0 Å². The molecule has 0 spiro atoms. The molecule has 0 saturated carbocycles. The molecule has 4 rings (SSSR count). The summed E-state index contributed by atoms with van der Waals surface area (Å²) in [5.41, 5.74) is 5.21. The van der Waals surface area contributed by atoms with Crippen molar-refractivity contribution in [3.63, 3.8) is 0 Å². The Morgan fingerprint density at radius 3 is 1.34 bits per heavy atom. The summed E-state index contributed by atoms with van der Waals surface area (Å²) in [7, 11) is 13.3. The Kier molecular flexibility index (Phi) is 9.27. The molecule has 4 aromatic rings. The average Bonchev–Trinajstić information content (AvgIpc) is 3.27. The van der Waals surface area contributed by atoms with Gasteiger partial charge in [0.1, 0.15) is 0 Å². The maximum absolute atomic E-state index is 5.30. The number of halogens is 2. The Morgan fingerprint density at radius 2 is 1.03 bits per heavy atom. The van der Waals surface area contributed by atoms with E-state index in [1.54, 1.807) is 14.2 Å². The van der Waals surface area contributed by atoms with E-state index in [0.717, 1.165) is 11.5 Å². The Morgan fingerprint density at radius 1 is 0.690 bits per heavy atom. The molecule has 2 nitrogen and oxygen atoms in total. The van der Waals surface area contributed by atoms with Crippen LogP contribution in [-0.4, -0.2) is 14.2 Å². The molecule has 0 radical (unpaired) electrons. The van der Waals surface area contributed by atoms with Gasteiger partial charge in [0, 0.05) is 11.5 Å². The molecule has 0 heterocycles. The van der Waals surface area contributed by atoms with Crippen LogP contribution < -0.4 is 9.47 Å². The van der Waals surface area contributed by atoms with Crippen LogP contribution in [0.25, 0.3) is 21.5 Å². The van der Waals surface area contributed by atoms with Gasteiger partial charge in [-0.1, -0.05) is 49.2 Å². The Labute approximate surface area is 192 Å². The standard InChI is InChI=1S/2C12H13O.2ClH.Zr/c2*1-8-6-10-9(2)4-5-12(13-3)11(10)7-8;;;/h2*4-7H,1-3H3;2*1H;/q2*-1;;;+4/p-2. The van der Waals surface area contributed by atoms with Gasteiger partial charge in [-0.2, -0.15) is 12.1 Å². The van der Waals surface area contributed by atoms with Gasteiger partial charge in [-0.3, -0.25) is 0 Å². The minimum atomic E-state index is -0.826. The minimum absolute atomic E-state index is 0.826. The average molecular weight is 509 g/mol. The molecule has 0 unspecified atom stereocenters. The zero-order valence-electron chi connectivity index (χ0n) is 17.7. The summed E-state index contributed by atoms with van der Waals surface area (Å²) < 4.78 is 10.6. The number of hydrogen-bond donors (Lipinski definition) is 0. The first-order chi connectivity index (χ1) is 13.9. The molecule has 0 saturated heterocycles. The van der Waals surface area contributed by atoms with Gasteiger partial charge in [0.25, 0.3) is 0 Å². The number of methoxy groups -OCH3 is 2. The van der Waals surface area contributed by atoms with Gasteiger partial charge >= 0.3 is 37.9 Å². The summed E-state index contributed by atoms with van der Waals surface area (Å²) >= 11 is -0.826. The van der Waals surface area contributed by atoms with E-state index in [1.807, 2.05) is 12.1 Å². The van der Waals surface area contributed by atoms with Gasteiger partial charge in [-0.05, 0) is 13.8 Å². The second-order valence-corrected chi connectivity index (χ2v) is 10.7. The number of rotatable bonds is 2. The van der Waals surface area contributed by atoms with E-state index in [1.165, 1.54) is 43.8 Å². The van der Waals surface area contributed by atoms with E-state index in [9.17, 15) is 0 Å². The van der Waals surface area contributed by atoms with Crippen molar-refractivity contribution in [2.45, 2.75) is 27.7 Å². The molecule has 152 valence electrons. The Hall–Kier alpha value is -1.28. The number of benzene rings is 2. The van der Waals surface area contributed by atoms with Crippen LogP contribution in [0.1, 0.15) is 22.3 Å². The van der Waals surface area contributed by atoms with E-state index >= 15 is 0 Å². The molecule has 5 heteroatoms. The summed E-state index contributed by atoms with van der Waals surface area (Å²) in [4.78, 5) is 0. The molecule has 29 heavy (non-hydrogen) atoms. The quantitative estimate of drug-likeness (QED) is 0.258. The summed E-state index contributed by atoms with van der Waals surface area (Å²) in [6.45, 7) is 8.47. The van der Waals surface area contributed by atoms with Crippen LogP contribution in [0.5, 0.6) is 11.5 Å². The van der Waals surface area contributed by atoms with Crippen molar-refractivity contribution in [2.24, 2.45) is 0 Å². The van der Waals surface area contributed by atoms with Gasteiger partial charge in [-0.15, -0.1) is 44.8 Å². The van der Waals surface area contributed by atoms with Crippen LogP contribution in [0.3, 0.4) is 0 Å². The van der Waals surface area contributed by atoms with Crippen molar-refractivity contribution in [3.8, 4) is 11.5 Å². The van der Waals surface area contributed by atoms with E-state index in [0.29, 0.717) is 0 Å². The van der Waals surface area contributed by atoms with Crippen LogP contribution >= 0.6 is 17.0 Å². The second kappa shape index (κ2) is 11.2. The van der Waals surface area contributed by atoms with Crippen molar-refractivity contribution in [3.05, 3.63) is 70.8 Å². The van der Waals surface area contributed by atoms with Crippen LogP contribution in [0.4, 0.5) is 0 Å². The fourth-order valence-corrected chi connectivity index (χ4v) is 3.48. The third-order valence-electron chi connectivity index (χ3n) is 4.86. The molecule has 0 atom stereocenters. The van der Waals surface area contributed by atoms with Gasteiger partial charge in [-0.25, -0.2) is 0 Å². The first-order valence-electron chi connectivity index (χ1n) is 9.23. The van der Waals surface area contributed by atoms with Crippen LogP contribution in [-0.2, 0) is 20.8 Å². The molecule has 0 amide bonds. The normalized spacial score (nSPS) is 9.93. The van der Waals surface area contributed by atoms with E-state index in [4.69, 9.17) is 26.5 Å². The van der Waals surface area contributed by atoms with Crippen molar-refractivity contribution >= 4 is 38.6 Å². The van der Waals surface area contributed by atoms with Crippen molar-refractivity contribution in [1.82, 2.24) is 0 Å². The zero-order chi connectivity index (χ0) is 21.6. The van der Waals surface area contributed by atoms with Crippen LogP contribution in [0, 0.1) is 27.7 Å². The van der Waals surface area contributed by atoms with Gasteiger partial charge in [0.15, 0.2) is 0 Å². The molecular formula is C24H26Cl2O2Zr. The Balaban J connectivity index is 0.000000183. The van der Waals surface area contributed by atoms with Crippen molar-refractivity contribution < 1.29 is 30.3 Å². The fourth-order valence-electron chi connectivity index (χ4n) is 3.48. The van der Waals surface area contributed by atoms with Crippen LogP contribution in [0.2, 0.25) is 0 Å². The molecule has 0 aliphatic carbocycles. The van der Waals surface area contributed by atoms with Crippen molar-refractivity contribution in [2.75, 3.05) is 14.2 Å². The third-order valence-corrected chi connectivity index (χ3v) is 4.86. The number of hydrogen-bond acceptors (Lipinski definition) is 2. The first kappa shape index (κ1) is 24.0. The van der Waals surface area contributed by atoms with Gasteiger partial charge in [0.05, 0.1) is 14.2 Å². The number of fused-ring (bicyclic) bond motifs is 2. The van der Waals surface area contributed by atoms with E-state index < -0.39 is 20.8 Å². The summed E-state index contributed by atoms with van der Waals surface area (Å²) in [6.07, 6.45) is 0. The SMILES string of the molecule is COc1ccc(C)c2cc(C)[cH-]c12.COc1ccc(C)c2cc(C)[cH-]c12.[Cl][Zr+2][Cl]. The summed E-state index contributed by atoms with van der Waals surface area (Å²) in [6, 6.07) is 17.0. The summed E-state index contributed by atoms with van der Waals surface area (Å²) in [5.74, 6) is 1.93. The van der Waals surface area contributed by atoms with Crippen LogP contribution in [0.15, 0.2) is 48.5 Å². The maximum atomic E-state index is 5.30. The fraction of sp³-hybridized carbons (Fsp3) is 0.250. The first-order valence-corrected chi connectivity index (χ1v) is 15.6. The second-order valence-electron chi connectivity index (χ2n) is 6.96.